The van der Waals surface area contributed by atoms with Crippen LogP contribution in [0.15, 0.2) is 61.1 Å². The van der Waals surface area contributed by atoms with Gasteiger partial charge in [-0.2, -0.15) is 10.2 Å². The zero-order chi connectivity index (χ0) is 23.4. The molecule has 0 bridgehead atoms. The number of benzene rings is 2. The second-order valence-corrected chi connectivity index (χ2v) is 8.36. The molecule has 4 aromatic rings. The Morgan fingerprint density at radius 2 is 1.97 bits per heavy atom. The molecule has 170 valence electrons. The average Bonchev–Trinajstić information content (AvgIpc) is 3.39. The number of rotatable bonds is 8. The quantitative estimate of drug-likeness (QED) is 0.354. The minimum Gasteiger partial charge on any atom is -0.487 e. The van der Waals surface area contributed by atoms with Gasteiger partial charge in [-0.3, -0.25) is 14.2 Å². The molecule has 0 saturated carbocycles. The molecule has 0 fully saturated rings. The zero-order valence-corrected chi connectivity index (χ0v) is 19.8. The number of nitrogens with one attached hydrogen (secondary N) is 1. The number of hydrogen-bond acceptors (Lipinski definition) is 4. The number of ether oxygens (including phenoxy) is 1. The van der Waals surface area contributed by atoms with Gasteiger partial charge in [0, 0.05) is 34.6 Å². The highest BCUT2D eigenvalue weighted by molar-refractivity contribution is 6.35. The molecular weight excluding hydrogens is 461 g/mol. The monoisotopic (exact) mass is 483 g/mol. The predicted molar refractivity (Wildman–Crippen MR) is 129 cm³/mol. The van der Waals surface area contributed by atoms with Gasteiger partial charge in [-0.05, 0) is 49.7 Å². The molecule has 9 heteroatoms. The fourth-order valence-corrected chi connectivity index (χ4v) is 3.87. The molecule has 2 aromatic carbocycles. The van der Waals surface area contributed by atoms with Gasteiger partial charge in [0.15, 0.2) is 0 Å². The zero-order valence-electron chi connectivity index (χ0n) is 18.3. The van der Waals surface area contributed by atoms with E-state index in [-0.39, 0.29) is 12.5 Å². The molecule has 4 rings (SSSR count). The molecule has 0 spiro atoms. The topological polar surface area (TPSA) is 74.0 Å². The second kappa shape index (κ2) is 10.1. The molecule has 0 aliphatic rings. The lowest BCUT2D eigenvalue weighted by Gasteiger charge is -2.09. The smallest absolute Gasteiger partial charge is 0.255 e. The molecular formula is C24H23Cl2N5O2. The first kappa shape index (κ1) is 22.9. The maximum absolute atomic E-state index is 12.8. The van der Waals surface area contributed by atoms with E-state index in [2.05, 4.69) is 22.4 Å². The van der Waals surface area contributed by atoms with Gasteiger partial charge in [0.05, 0.1) is 29.6 Å². The molecule has 7 nitrogen and oxygen atoms in total. The summed E-state index contributed by atoms with van der Waals surface area (Å²) in [5, 5.41) is 12.6. The van der Waals surface area contributed by atoms with Crippen molar-refractivity contribution in [1.82, 2.24) is 19.6 Å². The SMILES string of the molecule is CCn1ncc(Cn2cc(NC(=O)c3cccc(COc4ccc(Cl)cc4Cl)c3)cn2)c1C. The normalized spacial score (nSPS) is 10.9. The van der Waals surface area contributed by atoms with Crippen molar-refractivity contribution >= 4 is 34.8 Å². The highest BCUT2D eigenvalue weighted by Crippen LogP contribution is 2.28. The Bertz CT molecular complexity index is 1280. The first-order valence-corrected chi connectivity index (χ1v) is 11.2. The van der Waals surface area contributed by atoms with Gasteiger partial charge in [0.1, 0.15) is 12.4 Å². The molecule has 0 aliphatic carbocycles. The molecule has 1 amide bonds. The number of carbonyl (C=O) groups excluding carboxylic acids is 1. The minimum atomic E-state index is -0.226. The minimum absolute atomic E-state index is 0.226. The van der Waals surface area contributed by atoms with Crippen molar-refractivity contribution in [2.75, 3.05) is 5.32 Å². The van der Waals surface area contributed by atoms with Crippen LogP contribution in [-0.2, 0) is 19.7 Å². The third kappa shape index (κ3) is 5.56. The fourth-order valence-electron chi connectivity index (χ4n) is 3.41. The lowest BCUT2D eigenvalue weighted by Crippen LogP contribution is -2.12. The Hall–Kier alpha value is -3.29. The van der Waals surface area contributed by atoms with Crippen LogP contribution < -0.4 is 10.1 Å². The fraction of sp³-hybridized carbons (Fsp3) is 0.208. The van der Waals surface area contributed by atoms with E-state index in [0.717, 1.165) is 23.4 Å². The highest BCUT2D eigenvalue weighted by Gasteiger charge is 2.11. The number of halogens is 2. The van der Waals surface area contributed by atoms with E-state index >= 15 is 0 Å². The van der Waals surface area contributed by atoms with Crippen molar-refractivity contribution in [2.45, 2.75) is 33.5 Å². The number of aromatic nitrogens is 4. The molecule has 1 N–H and O–H groups in total. The van der Waals surface area contributed by atoms with Crippen LogP contribution in [0.4, 0.5) is 5.69 Å². The molecule has 2 heterocycles. The molecule has 33 heavy (non-hydrogen) atoms. The van der Waals surface area contributed by atoms with Crippen LogP contribution in [0.25, 0.3) is 0 Å². The lowest BCUT2D eigenvalue weighted by atomic mass is 10.1. The van der Waals surface area contributed by atoms with Gasteiger partial charge in [0.25, 0.3) is 5.91 Å². The molecule has 2 aromatic heterocycles. The van der Waals surface area contributed by atoms with E-state index in [0.29, 0.717) is 33.6 Å². The summed E-state index contributed by atoms with van der Waals surface area (Å²) in [6.45, 7) is 5.77. The van der Waals surface area contributed by atoms with E-state index < -0.39 is 0 Å². The van der Waals surface area contributed by atoms with Crippen LogP contribution in [0.2, 0.25) is 10.0 Å². The maximum atomic E-state index is 12.8. The number of nitrogens with zero attached hydrogens (tertiary/aromatic N) is 4. The van der Waals surface area contributed by atoms with Crippen LogP contribution in [0, 0.1) is 6.92 Å². The largest absolute Gasteiger partial charge is 0.487 e. The Labute approximate surface area is 201 Å². The average molecular weight is 484 g/mol. The van der Waals surface area contributed by atoms with Crippen LogP contribution in [0.1, 0.15) is 34.1 Å². The van der Waals surface area contributed by atoms with Gasteiger partial charge < -0.3 is 10.1 Å². The molecule has 0 unspecified atom stereocenters. The van der Waals surface area contributed by atoms with Gasteiger partial charge in [-0.15, -0.1) is 0 Å². The summed E-state index contributed by atoms with van der Waals surface area (Å²) in [6.07, 6.45) is 5.28. The van der Waals surface area contributed by atoms with Crippen LogP contribution in [-0.4, -0.2) is 25.5 Å². The summed E-state index contributed by atoms with van der Waals surface area (Å²) in [6, 6.07) is 12.3. The summed E-state index contributed by atoms with van der Waals surface area (Å²) >= 11 is 12.1. The predicted octanol–water partition coefficient (Wildman–Crippen LogP) is 5.59. The molecule has 0 radical (unpaired) electrons. The van der Waals surface area contributed by atoms with E-state index in [9.17, 15) is 4.79 Å². The Balaban J connectivity index is 1.38. The summed E-state index contributed by atoms with van der Waals surface area (Å²) < 4.78 is 9.49. The number of carbonyl (C=O) groups is 1. The van der Waals surface area contributed by atoms with E-state index in [1.807, 2.05) is 29.9 Å². The molecule has 0 aliphatic heterocycles. The molecule has 0 atom stereocenters. The highest BCUT2D eigenvalue weighted by atomic mass is 35.5. The maximum Gasteiger partial charge on any atom is 0.255 e. The van der Waals surface area contributed by atoms with Crippen LogP contribution in [0.3, 0.4) is 0 Å². The van der Waals surface area contributed by atoms with E-state index in [1.54, 1.807) is 47.4 Å². The van der Waals surface area contributed by atoms with Crippen LogP contribution in [0.5, 0.6) is 5.75 Å². The summed E-state index contributed by atoms with van der Waals surface area (Å²) in [5.41, 5.74) is 4.18. The lowest BCUT2D eigenvalue weighted by molar-refractivity contribution is 0.102. The van der Waals surface area contributed by atoms with Crippen molar-refractivity contribution in [3.8, 4) is 5.75 Å². The first-order chi connectivity index (χ1) is 15.9. The van der Waals surface area contributed by atoms with Crippen LogP contribution >= 0.6 is 23.2 Å². The summed E-state index contributed by atoms with van der Waals surface area (Å²) in [5.74, 6) is 0.305. The summed E-state index contributed by atoms with van der Waals surface area (Å²) in [7, 11) is 0. The van der Waals surface area contributed by atoms with Gasteiger partial charge in [-0.25, -0.2) is 0 Å². The van der Waals surface area contributed by atoms with Crippen molar-refractivity contribution in [2.24, 2.45) is 0 Å². The molecule has 0 saturated heterocycles. The van der Waals surface area contributed by atoms with E-state index in [4.69, 9.17) is 27.9 Å². The van der Waals surface area contributed by atoms with E-state index in [1.165, 1.54) is 0 Å². The summed E-state index contributed by atoms with van der Waals surface area (Å²) in [4.78, 5) is 12.8. The number of aryl methyl sites for hydroxylation is 1. The first-order valence-electron chi connectivity index (χ1n) is 10.4. The van der Waals surface area contributed by atoms with Crippen molar-refractivity contribution < 1.29 is 9.53 Å². The third-order valence-corrected chi connectivity index (χ3v) is 5.74. The van der Waals surface area contributed by atoms with Crippen molar-refractivity contribution in [3.05, 3.63) is 93.5 Å². The number of hydrogen-bond donors (Lipinski definition) is 1. The van der Waals surface area contributed by atoms with Gasteiger partial charge in [-0.1, -0.05) is 35.3 Å². The third-order valence-electron chi connectivity index (χ3n) is 5.21. The van der Waals surface area contributed by atoms with Gasteiger partial charge in [0.2, 0.25) is 0 Å². The van der Waals surface area contributed by atoms with Crippen molar-refractivity contribution in [1.29, 1.82) is 0 Å². The Kier molecular flexibility index (Phi) is 7.01. The standard InChI is InChI=1S/C24H23Cl2N5O2/c1-3-31-16(2)19(11-28-31)13-30-14-21(12-27-30)29-24(32)18-6-4-5-17(9-18)15-33-23-8-7-20(25)10-22(23)26/h4-12,14H,3,13,15H2,1-2H3,(H,29,32). The Morgan fingerprint density at radius 3 is 2.73 bits per heavy atom. The number of anilines is 1. The number of amides is 1. The second-order valence-electron chi connectivity index (χ2n) is 7.52. The van der Waals surface area contributed by atoms with Crippen molar-refractivity contribution in [3.63, 3.8) is 0 Å². The Morgan fingerprint density at radius 1 is 1.12 bits per heavy atom. The van der Waals surface area contributed by atoms with Gasteiger partial charge >= 0.3 is 0 Å².